The summed E-state index contributed by atoms with van der Waals surface area (Å²) in [6.45, 7) is 8.14. The molecule has 148 valence electrons. The first kappa shape index (κ1) is 18.2. The van der Waals surface area contributed by atoms with Crippen LogP contribution in [0.3, 0.4) is 0 Å². The van der Waals surface area contributed by atoms with Crippen LogP contribution in [0.25, 0.3) is 0 Å². The molecule has 1 saturated carbocycles. The van der Waals surface area contributed by atoms with Crippen LogP contribution in [0.4, 0.5) is 8.78 Å². The van der Waals surface area contributed by atoms with Gasteiger partial charge in [0.05, 0.1) is 43.4 Å². The highest BCUT2D eigenvalue weighted by Gasteiger charge is 2.60. The number of halogens is 2. The van der Waals surface area contributed by atoms with Gasteiger partial charge in [-0.15, -0.1) is 4.31 Å². The number of nitrogens with zero attached hydrogens (tertiary/aromatic N) is 3. The maximum absolute atomic E-state index is 13.4. The van der Waals surface area contributed by atoms with Crippen molar-refractivity contribution in [3.05, 3.63) is 23.5 Å². The van der Waals surface area contributed by atoms with E-state index in [0.29, 0.717) is 22.0 Å². The normalized spacial score (nSPS) is 28.3. The van der Waals surface area contributed by atoms with Crippen LogP contribution in [0.5, 0.6) is 0 Å². The zero-order valence-corrected chi connectivity index (χ0v) is 16.5. The Hall–Kier alpha value is -0.800. The van der Waals surface area contributed by atoms with Crippen LogP contribution in [-0.4, -0.2) is 64.2 Å². The van der Waals surface area contributed by atoms with Crippen molar-refractivity contribution < 1.29 is 18.1 Å². The Morgan fingerprint density at radius 3 is 2.37 bits per heavy atom. The quantitative estimate of drug-likeness (QED) is 0.730. The zero-order valence-electron chi connectivity index (χ0n) is 15.7. The number of likely N-dealkylation sites (tertiary alicyclic amines) is 1. The van der Waals surface area contributed by atoms with Gasteiger partial charge in [-0.1, -0.05) is 0 Å². The molecule has 1 aromatic rings. The number of aromatic nitrogens is 1. The van der Waals surface area contributed by atoms with E-state index in [1.54, 1.807) is 6.92 Å². The van der Waals surface area contributed by atoms with Crippen LogP contribution in [0.2, 0.25) is 0 Å². The summed E-state index contributed by atoms with van der Waals surface area (Å²) in [7, 11) is 0. The van der Waals surface area contributed by atoms with E-state index >= 15 is 0 Å². The van der Waals surface area contributed by atoms with Gasteiger partial charge in [0, 0.05) is 36.9 Å². The zero-order chi connectivity index (χ0) is 19.0. The highest BCUT2D eigenvalue weighted by atomic mass is 32.2. The molecule has 4 heterocycles. The third kappa shape index (κ3) is 2.92. The van der Waals surface area contributed by atoms with Gasteiger partial charge in [0.25, 0.3) is 5.92 Å². The minimum atomic E-state index is -2.98. The van der Waals surface area contributed by atoms with Gasteiger partial charge in [0.2, 0.25) is 0 Å². The van der Waals surface area contributed by atoms with Crippen LogP contribution in [0.15, 0.2) is 17.0 Å². The number of hydrogen-bond acceptors (Lipinski definition) is 5. The van der Waals surface area contributed by atoms with Gasteiger partial charge in [0.1, 0.15) is 5.69 Å². The lowest BCUT2D eigenvalue weighted by Gasteiger charge is -2.65. The highest BCUT2D eigenvalue weighted by Crippen LogP contribution is 2.53. The van der Waals surface area contributed by atoms with Crippen molar-refractivity contribution >= 4 is 11.4 Å². The maximum atomic E-state index is 13.4. The number of rotatable bonds is 4. The van der Waals surface area contributed by atoms with Gasteiger partial charge >= 0.3 is 0 Å². The summed E-state index contributed by atoms with van der Waals surface area (Å²) >= 11 is -1.33. The van der Waals surface area contributed by atoms with Crippen molar-refractivity contribution in [2.75, 3.05) is 39.4 Å². The first-order valence-electron chi connectivity index (χ1n) is 9.53. The molecule has 0 bridgehead atoms. The molecule has 4 fully saturated rings. The van der Waals surface area contributed by atoms with Crippen molar-refractivity contribution in [3.63, 3.8) is 0 Å². The molecule has 0 amide bonds. The molecule has 27 heavy (non-hydrogen) atoms. The number of hydrogen-bond donors (Lipinski definition) is 0. The fourth-order valence-corrected chi connectivity index (χ4v) is 6.58. The predicted octanol–water partition coefficient (Wildman–Crippen LogP) is 2.32. The Balaban J connectivity index is 1.15. The van der Waals surface area contributed by atoms with Crippen LogP contribution in [0, 0.1) is 17.8 Å². The fourth-order valence-electron chi connectivity index (χ4n) is 5.03. The van der Waals surface area contributed by atoms with Crippen LogP contribution in [0.1, 0.15) is 31.2 Å². The molecule has 2 spiro atoms. The predicted molar refractivity (Wildman–Crippen MR) is 96.8 cm³/mol. The summed E-state index contributed by atoms with van der Waals surface area (Å²) in [5, 5.41) is 0. The molecule has 3 saturated heterocycles. The number of ether oxygens (including phenoxy) is 1. The molecular weight excluding hydrogens is 372 g/mol. The van der Waals surface area contributed by atoms with Crippen LogP contribution in [-0.2, 0) is 22.0 Å². The molecule has 5 rings (SSSR count). The second-order valence-electron chi connectivity index (χ2n) is 9.18. The number of pyridine rings is 1. The lowest BCUT2D eigenvalue weighted by molar-refractivity contribution is -0.211. The van der Waals surface area contributed by atoms with Gasteiger partial charge < -0.3 is 9.29 Å². The van der Waals surface area contributed by atoms with E-state index in [0.717, 1.165) is 46.3 Å². The molecular formula is C19H25F2N3O2S. The second kappa shape index (κ2) is 5.86. The summed E-state index contributed by atoms with van der Waals surface area (Å²) in [6, 6.07) is 3.53. The first-order chi connectivity index (χ1) is 12.7. The number of alkyl halides is 2. The summed E-state index contributed by atoms with van der Waals surface area (Å²) < 4.78 is 46.9. The minimum absolute atomic E-state index is 0.270. The van der Waals surface area contributed by atoms with E-state index < -0.39 is 17.3 Å². The minimum Gasteiger partial charge on any atom is -0.593 e. The van der Waals surface area contributed by atoms with E-state index in [2.05, 4.69) is 9.88 Å². The SMILES string of the molecule is Cc1nc(C(C)(F)F)ccc1[S+]([O-])N1CC2(CN(C3CC4(COC4)C3)C2)C1. The largest absolute Gasteiger partial charge is 0.593 e. The fraction of sp³-hybridized carbons (Fsp3) is 0.737. The average molecular weight is 397 g/mol. The Morgan fingerprint density at radius 1 is 1.19 bits per heavy atom. The summed E-state index contributed by atoms with van der Waals surface area (Å²) in [6.07, 6.45) is 2.52. The molecule has 1 aromatic heterocycles. The van der Waals surface area contributed by atoms with Gasteiger partial charge in [-0.3, -0.25) is 4.90 Å². The molecule has 1 unspecified atom stereocenters. The van der Waals surface area contributed by atoms with Crippen molar-refractivity contribution in [3.8, 4) is 0 Å². The third-order valence-electron chi connectivity index (χ3n) is 6.68. The van der Waals surface area contributed by atoms with Gasteiger partial charge in [-0.25, -0.2) is 4.98 Å². The molecule has 0 aromatic carbocycles. The molecule has 0 N–H and O–H groups in total. The smallest absolute Gasteiger partial charge is 0.286 e. The lowest BCUT2D eigenvalue weighted by atomic mass is 9.61. The van der Waals surface area contributed by atoms with Crippen LogP contribution >= 0.6 is 0 Å². The molecule has 1 aliphatic carbocycles. The van der Waals surface area contributed by atoms with E-state index in [1.165, 1.54) is 25.0 Å². The first-order valence-corrected chi connectivity index (χ1v) is 10.6. The van der Waals surface area contributed by atoms with Crippen LogP contribution < -0.4 is 0 Å². The average Bonchev–Trinajstić information content (AvgIpc) is 2.42. The second-order valence-corrected chi connectivity index (χ2v) is 10.6. The van der Waals surface area contributed by atoms with E-state index in [4.69, 9.17) is 4.74 Å². The van der Waals surface area contributed by atoms with Gasteiger partial charge in [0.15, 0.2) is 4.90 Å². The van der Waals surface area contributed by atoms with E-state index in [-0.39, 0.29) is 11.1 Å². The lowest BCUT2D eigenvalue weighted by Crippen LogP contribution is -2.76. The topological polar surface area (TPSA) is 51.7 Å². The van der Waals surface area contributed by atoms with E-state index in [9.17, 15) is 13.3 Å². The Kier molecular flexibility index (Phi) is 3.96. The Bertz CT molecular complexity index is 746. The molecule has 4 aliphatic rings. The van der Waals surface area contributed by atoms with E-state index in [1.807, 2.05) is 4.31 Å². The van der Waals surface area contributed by atoms with Crippen molar-refractivity contribution in [2.45, 2.75) is 43.5 Å². The molecule has 3 aliphatic heterocycles. The standard InChI is InChI=1S/C19H25F2N3O2S/c1-13-15(3-4-16(22-13)17(2,20)21)27(25)24-9-19(10-24)7-23(8-19)14-5-18(6-14)11-26-12-18/h3-4,14H,5-12H2,1-2H3. The van der Waals surface area contributed by atoms with Crippen molar-refractivity contribution in [1.82, 2.24) is 14.2 Å². The Labute approximate surface area is 161 Å². The molecule has 5 nitrogen and oxygen atoms in total. The molecule has 1 atom stereocenters. The molecule has 0 radical (unpaired) electrons. The van der Waals surface area contributed by atoms with Crippen molar-refractivity contribution in [2.24, 2.45) is 10.8 Å². The maximum Gasteiger partial charge on any atom is 0.286 e. The molecule has 8 heteroatoms. The highest BCUT2D eigenvalue weighted by molar-refractivity contribution is 7.89. The van der Waals surface area contributed by atoms with Crippen molar-refractivity contribution in [1.29, 1.82) is 0 Å². The van der Waals surface area contributed by atoms with Gasteiger partial charge in [-0.05, 0) is 31.9 Å². The summed E-state index contributed by atoms with van der Waals surface area (Å²) in [5.41, 5.74) is 0.912. The monoisotopic (exact) mass is 397 g/mol. The third-order valence-corrected chi connectivity index (χ3v) is 8.22. The summed E-state index contributed by atoms with van der Waals surface area (Å²) in [4.78, 5) is 7.08. The number of aryl methyl sites for hydroxylation is 1. The summed E-state index contributed by atoms with van der Waals surface area (Å²) in [5.74, 6) is -2.98. The van der Waals surface area contributed by atoms with Gasteiger partial charge in [-0.2, -0.15) is 8.78 Å². The Morgan fingerprint density at radius 2 is 1.85 bits per heavy atom.